The Labute approximate surface area is 99.4 Å². The summed E-state index contributed by atoms with van der Waals surface area (Å²) in [4.78, 5) is 24.5. The van der Waals surface area contributed by atoms with E-state index in [-0.39, 0.29) is 12.5 Å². The second-order valence-electron chi connectivity index (χ2n) is 4.12. The standard InChI is InChI=1S/C12H15N3O2/c13-6-11(16)15-7-9-4-2-1-3-8(9)5-10(15)12(14)17/h1-4,10H,5-7,13H2,(H2,14,17)/t10-/m0/s1. The van der Waals surface area contributed by atoms with Crippen molar-refractivity contribution in [1.29, 1.82) is 0 Å². The van der Waals surface area contributed by atoms with Crippen LogP contribution in [0.3, 0.4) is 0 Å². The molecule has 1 aromatic carbocycles. The molecule has 0 spiro atoms. The normalized spacial score (nSPS) is 18.6. The first-order valence-electron chi connectivity index (χ1n) is 5.49. The van der Waals surface area contributed by atoms with Crippen LogP contribution in [0.25, 0.3) is 0 Å². The SMILES string of the molecule is NCC(=O)N1Cc2ccccc2C[C@H]1C(N)=O. The molecule has 1 heterocycles. The third-order valence-electron chi connectivity index (χ3n) is 3.07. The fourth-order valence-electron chi connectivity index (χ4n) is 2.16. The summed E-state index contributed by atoms with van der Waals surface area (Å²) in [5.41, 5.74) is 12.8. The van der Waals surface area contributed by atoms with Crippen LogP contribution in [0.5, 0.6) is 0 Å². The van der Waals surface area contributed by atoms with Crippen molar-refractivity contribution in [3.63, 3.8) is 0 Å². The van der Waals surface area contributed by atoms with Gasteiger partial charge in [0.25, 0.3) is 0 Å². The minimum Gasteiger partial charge on any atom is -0.368 e. The topological polar surface area (TPSA) is 89.4 Å². The molecule has 0 fully saturated rings. The van der Waals surface area contributed by atoms with E-state index in [0.29, 0.717) is 13.0 Å². The third-order valence-corrected chi connectivity index (χ3v) is 3.07. The summed E-state index contributed by atoms with van der Waals surface area (Å²) in [5.74, 6) is -0.732. The van der Waals surface area contributed by atoms with Crippen LogP contribution >= 0.6 is 0 Å². The Bertz CT molecular complexity index is 459. The molecule has 2 rings (SSSR count). The summed E-state index contributed by atoms with van der Waals surface area (Å²) < 4.78 is 0. The van der Waals surface area contributed by atoms with Crippen molar-refractivity contribution >= 4 is 11.8 Å². The van der Waals surface area contributed by atoms with E-state index in [0.717, 1.165) is 11.1 Å². The maximum atomic E-state index is 11.7. The van der Waals surface area contributed by atoms with E-state index in [1.165, 1.54) is 4.90 Å². The minimum atomic E-state index is -0.582. The molecule has 2 amide bonds. The van der Waals surface area contributed by atoms with Crippen molar-refractivity contribution in [3.05, 3.63) is 35.4 Å². The average Bonchev–Trinajstić information content (AvgIpc) is 2.36. The van der Waals surface area contributed by atoms with Crippen molar-refractivity contribution in [2.24, 2.45) is 11.5 Å². The molecule has 0 aromatic heterocycles. The molecule has 0 saturated heterocycles. The fourth-order valence-corrected chi connectivity index (χ4v) is 2.16. The van der Waals surface area contributed by atoms with Gasteiger partial charge in [0.2, 0.25) is 11.8 Å². The quantitative estimate of drug-likeness (QED) is 0.713. The van der Waals surface area contributed by atoms with Gasteiger partial charge in [-0.1, -0.05) is 24.3 Å². The molecule has 17 heavy (non-hydrogen) atoms. The largest absolute Gasteiger partial charge is 0.368 e. The van der Waals surface area contributed by atoms with Crippen LogP contribution in [-0.4, -0.2) is 29.3 Å². The van der Waals surface area contributed by atoms with Crippen LogP contribution in [0, 0.1) is 0 Å². The number of benzene rings is 1. The van der Waals surface area contributed by atoms with E-state index in [4.69, 9.17) is 11.5 Å². The van der Waals surface area contributed by atoms with Crippen molar-refractivity contribution in [1.82, 2.24) is 4.90 Å². The number of hydrogen-bond acceptors (Lipinski definition) is 3. The van der Waals surface area contributed by atoms with Crippen LogP contribution < -0.4 is 11.5 Å². The molecule has 0 bridgehead atoms. The fraction of sp³-hybridized carbons (Fsp3) is 0.333. The number of carbonyl (C=O) groups excluding carboxylic acids is 2. The summed E-state index contributed by atoms with van der Waals surface area (Å²) in [6.45, 7) is 0.297. The molecule has 1 aliphatic heterocycles. The summed E-state index contributed by atoms with van der Waals surface area (Å²) in [7, 11) is 0. The maximum Gasteiger partial charge on any atom is 0.240 e. The molecule has 0 unspecified atom stereocenters. The molecule has 1 aliphatic rings. The van der Waals surface area contributed by atoms with Gasteiger partial charge in [0, 0.05) is 13.0 Å². The number of fused-ring (bicyclic) bond motifs is 1. The highest BCUT2D eigenvalue weighted by molar-refractivity contribution is 5.88. The van der Waals surface area contributed by atoms with Crippen LogP contribution in [-0.2, 0) is 22.6 Å². The first-order valence-corrected chi connectivity index (χ1v) is 5.49. The number of rotatable bonds is 2. The molecule has 0 saturated carbocycles. The van der Waals surface area contributed by atoms with Crippen LogP contribution in [0.1, 0.15) is 11.1 Å². The van der Waals surface area contributed by atoms with Crippen molar-refractivity contribution in [2.75, 3.05) is 6.54 Å². The summed E-state index contributed by atoms with van der Waals surface area (Å²) in [5, 5.41) is 0. The molecule has 90 valence electrons. The van der Waals surface area contributed by atoms with Crippen LogP contribution in [0.15, 0.2) is 24.3 Å². The lowest BCUT2D eigenvalue weighted by Gasteiger charge is -2.34. The Morgan fingerprint density at radius 1 is 1.29 bits per heavy atom. The lowest BCUT2D eigenvalue weighted by atomic mass is 9.93. The average molecular weight is 233 g/mol. The number of nitrogens with two attached hydrogens (primary N) is 2. The van der Waals surface area contributed by atoms with Crippen molar-refractivity contribution in [3.8, 4) is 0 Å². The van der Waals surface area contributed by atoms with Gasteiger partial charge in [0.15, 0.2) is 0 Å². The van der Waals surface area contributed by atoms with Gasteiger partial charge in [0.05, 0.1) is 6.54 Å². The maximum absolute atomic E-state index is 11.7. The van der Waals surface area contributed by atoms with Gasteiger partial charge >= 0.3 is 0 Å². The molecular weight excluding hydrogens is 218 g/mol. The lowest BCUT2D eigenvalue weighted by Crippen LogP contribution is -2.52. The molecular formula is C12H15N3O2. The molecule has 4 N–H and O–H groups in total. The van der Waals surface area contributed by atoms with E-state index in [1.54, 1.807) is 0 Å². The van der Waals surface area contributed by atoms with E-state index >= 15 is 0 Å². The Morgan fingerprint density at radius 3 is 2.53 bits per heavy atom. The van der Waals surface area contributed by atoms with Gasteiger partial charge in [0.1, 0.15) is 6.04 Å². The Kier molecular flexibility index (Phi) is 3.10. The third kappa shape index (κ3) is 2.14. The van der Waals surface area contributed by atoms with Gasteiger partial charge in [-0.2, -0.15) is 0 Å². The molecule has 1 atom stereocenters. The number of hydrogen-bond donors (Lipinski definition) is 2. The zero-order valence-corrected chi connectivity index (χ0v) is 9.43. The Hall–Kier alpha value is -1.88. The van der Waals surface area contributed by atoms with Gasteiger partial charge in [-0.05, 0) is 11.1 Å². The lowest BCUT2D eigenvalue weighted by molar-refractivity contribution is -0.139. The molecule has 0 aliphatic carbocycles. The Morgan fingerprint density at radius 2 is 1.94 bits per heavy atom. The van der Waals surface area contributed by atoms with Crippen molar-refractivity contribution in [2.45, 2.75) is 19.0 Å². The molecule has 0 radical (unpaired) electrons. The van der Waals surface area contributed by atoms with E-state index in [2.05, 4.69) is 0 Å². The molecule has 5 heteroatoms. The van der Waals surface area contributed by atoms with Gasteiger partial charge in [-0.3, -0.25) is 9.59 Å². The van der Waals surface area contributed by atoms with E-state index in [9.17, 15) is 9.59 Å². The highest BCUT2D eigenvalue weighted by Gasteiger charge is 2.32. The predicted octanol–water partition coefficient (Wildman–Crippen LogP) is -0.616. The van der Waals surface area contributed by atoms with E-state index in [1.807, 2.05) is 24.3 Å². The zero-order valence-electron chi connectivity index (χ0n) is 9.43. The van der Waals surface area contributed by atoms with Gasteiger partial charge in [-0.15, -0.1) is 0 Å². The summed E-state index contributed by atoms with van der Waals surface area (Å²) in [6, 6.07) is 7.14. The highest BCUT2D eigenvalue weighted by atomic mass is 16.2. The second-order valence-corrected chi connectivity index (χ2v) is 4.12. The smallest absolute Gasteiger partial charge is 0.240 e. The van der Waals surface area contributed by atoms with Gasteiger partial charge < -0.3 is 16.4 Å². The first-order chi connectivity index (χ1) is 8.13. The van der Waals surface area contributed by atoms with Crippen LogP contribution in [0.4, 0.5) is 0 Å². The van der Waals surface area contributed by atoms with Gasteiger partial charge in [-0.25, -0.2) is 0 Å². The molecule has 5 nitrogen and oxygen atoms in total. The summed E-state index contributed by atoms with van der Waals surface area (Å²) in [6.07, 6.45) is 0.469. The second kappa shape index (κ2) is 4.55. The zero-order chi connectivity index (χ0) is 12.4. The number of amides is 2. The summed E-state index contributed by atoms with van der Waals surface area (Å²) >= 11 is 0. The van der Waals surface area contributed by atoms with E-state index < -0.39 is 11.9 Å². The van der Waals surface area contributed by atoms with Crippen LogP contribution in [0.2, 0.25) is 0 Å². The highest BCUT2D eigenvalue weighted by Crippen LogP contribution is 2.22. The minimum absolute atomic E-state index is 0.105. The number of primary amides is 1. The monoisotopic (exact) mass is 233 g/mol. The number of carbonyl (C=O) groups is 2. The molecule has 1 aromatic rings. The Balaban J connectivity index is 2.34. The predicted molar refractivity (Wildman–Crippen MR) is 62.7 cm³/mol. The first kappa shape index (κ1) is 11.6. The number of nitrogens with zero attached hydrogens (tertiary/aromatic N) is 1. The van der Waals surface area contributed by atoms with Crippen molar-refractivity contribution < 1.29 is 9.59 Å².